The number of piperidine rings is 1. The molecule has 2 aromatic heterocycles. The second-order valence-electron chi connectivity index (χ2n) is 10.7. The molecule has 0 radical (unpaired) electrons. The predicted octanol–water partition coefficient (Wildman–Crippen LogP) is 2.91. The lowest BCUT2D eigenvalue weighted by atomic mass is 9.74. The van der Waals surface area contributed by atoms with Crippen molar-refractivity contribution < 1.29 is 14.3 Å². The van der Waals surface area contributed by atoms with Crippen molar-refractivity contribution >= 4 is 28.5 Å². The van der Waals surface area contributed by atoms with Crippen LogP contribution in [0.15, 0.2) is 30.6 Å². The zero-order valence-corrected chi connectivity index (χ0v) is 20.3. The Morgan fingerprint density at radius 2 is 2.00 bits per heavy atom. The molecule has 2 amide bonds. The topological polar surface area (TPSA) is 110 Å². The highest BCUT2D eigenvalue weighted by Gasteiger charge is 2.47. The summed E-state index contributed by atoms with van der Waals surface area (Å²) < 4.78 is 8.63. The molecule has 3 aliphatic heterocycles. The lowest BCUT2D eigenvalue weighted by molar-refractivity contribution is -0.122. The van der Waals surface area contributed by atoms with Gasteiger partial charge in [-0.25, -0.2) is 9.97 Å². The summed E-state index contributed by atoms with van der Waals surface area (Å²) in [4.78, 5) is 34.5. The average Bonchev–Trinajstić information content (AvgIpc) is 3.39. The number of nitrogens with one attached hydrogen (secondary N) is 3. The highest BCUT2D eigenvalue weighted by atomic mass is 16.5. The fourth-order valence-corrected chi connectivity index (χ4v) is 6.06. The van der Waals surface area contributed by atoms with E-state index < -0.39 is 5.41 Å². The molecular formula is C27H30N6O3. The minimum Gasteiger partial charge on any atom is -0.473 e. The molecule has 4 aliphatic rings. The number of hydrogen-bond donors (Lipinski definition) is 3. The first-order valence-corrected chi connectivity index (χ1v) is 13.0. The summed E-state index contributed by atoms with van der Waals surface area (Å²) in [6, 6.07) is 8.61. The summed E-state index contributed by atoms with van der Waals surface area (Å²) in [7, 11) is 0. The van der Waals surface area contributed by atoms with Crippen LogP contribution in [0.2, 0.25) is 0 Å². The molecule has 1 spiro atoms. The summed E-state index contributed by atoms with van der Waals surface area (Å²) in [5.74, 6) is 0.821. The van der Waals surface area contributed by atoms with Crippen LogP contribution in [0.4, 0.5) is 5.69 Å². The molecular weight excluding hydrogens is 456 g/mol. The second kappa shape index (κ2) is 8.03. The van der Waals surface area contributed by atoms with Gasteiger partial charge in [0.2, 0.25) is 17.7 Å². The van der Waals surface area contributed by atoms with Crippen molar-refractivity contribution in [2.24, 2.45) is 5.92 Å². The van der Waals surface area contributed by atoms with Gasteiger partial charge in [-0.1, -0.05) is 12.1 Å². The molecule has 5 heterocycles. The highest BCUT2D eigenvalue weighted by molar-refractivity contribution is 6.07. The summed E-state index contributed by atoms with van der Waals surface area (Å²) in [6.45, 7) is 4.31. The Morgan fingerprint density at radius 1 is 1.17 bits per heavy atom. The first-order valence-electron chi connectivity index (χ1n) is 13.0. The molecule has 2 saturated heterocycles. The summed E-state index contributed by atoms with van der Waals surface area (Å²) in [5, 5.41) is 9.40. The predicted molar refractivity (Wildman–Crippen MR) is 135 cm³/mol. The Bertz CT molecular complexity index is 1390. The first kappa shape index (κ1) is 21.8. The third kappa shape index (κ3) is 3.40. The number of anilines is 1. The van der Waals surface area contributed by atoms with Crippen LogP contribution in [-0.4, -0.2) is 52.1 Å². The highest BCUT2D eigenvalue weighted by Crippen LogP contribution is 2.46. The standard InChI is InChI=1S/C27H30N6O3/c1-15(17-11-23(34)29-13-17)36-25-24-22(30-14-33(24)18-3-4-18)12-20(31-25)16-2-5-19-21(10-16)32-26(35)27(19)6-8-28-9-7-27/h2,5,10,12,14-15,17-18,28H,3-4,6-9,11,13H2,1H3,(H,29,34)(H,32,35). The SMILES string of the molecule is CC(Oc1nc(-c2ccc3c(c2)NC(=O)C32CCNCC2)cc2ncn(C3CC3)c12)C1CNC(=O)C1. The van der Waals surface area contributed by atoms with E-state index in [1.54, 1.807) is 0 Å². The molecule has 36 heavy (non-hydrogen) atoms. The lowest BCUT2D eigenvalue weighted by Crippen LogP contribution is -2.44. The van der Waals surface area contributed by atoms with Gasteiger partial charge in [-0.15, -0.1) is 0 Å². The normalized spacial score (nSPS) is 23.5. The number of rotatable bonds is 5. The number of benzene rings is 1. The molecule has 1 aliphatic carbocycles. The van der Waals surface area contributed by atoms with E-state index in [1.165, 1.54) is 0 Å². The molecule has 3 aromatic rings. The monoisotopic (exact) mass is 486 g/mol. The van der Waals surface area contributed by atoms with Crippen LogP contribution in [0.25, 0.3) is 22.3 Å². The third-order valence-electron chi connectivity index (χ3n) is 8.40. The van der Waals surface area contributed by atoms with Gasteiger partial charge < -0.3 is 25.3 Å². The lowest BCUT2D eigenvalue weighted by Gasteiger charge is -2.32. The smallest absolute Gasteiger partial charge is 0.241 e. The van der Waals surface area contributed by atoms with Crippen LogP contribution < -0.4 is 20.7 Å². The van der Waals surface area contributed by atoms with E-state index in [9.17, 15) is 9.59 Å². The van der Waals surface area contributed by atoms with Gasteiger partial charge in [0.1, 0.15) is 11.6 Å². The van der Waals surface area contributed by atoms with E-state index >= 15 is 0 Å². The van der Waals surface area contributed by atoms with Crippen molar-refractivity contribution in [3.8, 4) is 17.1 Å². The number of aromatic nitrogens is 3. The van der Waals surface area contributed by atoms with Crippen molar-refractivity contribution in [2.75, 3.05) is 25.0 Å². The number of ether oxygens (including phenoxy) is 1. The van der Waals surface area contributed by atoms with Crippen LogP contribution in [-0.2, 0) is 15.0 Å². The molecule has 2 unspecified atom stereocenters. The number of amides is 2. The van der Waals surface area contributed by atoms with Gasteiger partial charge in [0.15, 0.2) is 0 Å². The van der Waals surface area contributed by atoms with E-state index in [1.807, 2.05) is 25.4 Å². The van der Waals surface area contributed by atoms with Crippen molar-refractivity contribution in [2.45, 2.75) is 56.6 Å². The quantitative estimate of drug-likeness (QED) is 0.512. The van der Waals surface area contributed by atoms with Gasteiger partial charge in [-0.05, 0) is 63.4 Å². The molecule has 0 bridgehead atoms. The van der Waals surface area contributed by atoms with Crippen LogP contribution in [0.5, 0.6) is 5.88 Å². The van der Waals surface area contributed by atoms with Crippen molar-refractivity contribution in [1.82, 2.24) is 25.2 Å². The van der Waals surface area contributed by atoms with Crippen LogP contribution in [0.1, 0.15) is 50.6 Å². The summed E-state index contributed by atoms with van der Waals surface area (Å²) in [6.07, 6.45) is 6.06. The first-order chi connectivity index (χ1) is 17.5. The minimum absolute atomic E-state index is 0.0667. The molecule has 1 aromatic carbocycles. The fourth-order valence-electron chi connectivity index (χ4n) is 6.06. The maximum absolute atomic E-state index is 13.0. The zero-order chi connectivity index (χ0) is 24.4. The van der Waals surface area contributed by atoms with Crippen LogP contribution >= 0.6 is 0 Å². The Hall–Kier alpha value is -3.46. The number of carbonyl (C=O) groups is 2. The van der Waals surface area contributed by atoms with Crippen LogP contribution in [0, 0.1) is 5.92 Å². The molecule has 3 fully saturated rings. The number of fused-ring (bicyclic) bond motifs is 3. The van der Waals surface area contributed by atoms with Gasteiger partial charge >= 0.3 is 0 Å². The van der Waals surface area contributed by atoms with Gasteiger partial charge in [-0.3, -0.25) is 9.59 Å². The summed E-state index contributed by atoms with van der Waals surface area (Å²) >= 11 is 0. The average molecular weight is 487 g/mol. The van der Waals surface area contributed by atoms with Crippen molar-refractivity contribution in [3.63, 3.8) is 0 Å². The Balaban J connectivity index is 1.28. The number of carbonyl (C=O) groups excluding carboxylic acids is 2. The molecule has 9 heteroatoms. The zero-order valence-electron chi connectivity index (χ0n) is 20.3. The maximum atomic E-state index is 13.0. The summed E-state index contributed by atoms with van der Waals surface area (Å²) in [5.41, 5.74) is 4.95. The largest absolute Gasteiger partial charge is 0.473 e. The molecule has 7 rings (SSSR count). The van der Waals surface area contributed by atoms with E-state index in [2.05, 4.69) is 32.7 Å². The molecule has 3 N–H and O–H groups in total. The Morgan fingerprint density at radius 3 is 2.75 bits per heavy atom. The van der Waals surface area contributed by atoms with Gasteiger partial charge in [0.25, 0.3) is 0 Å². The molecule has 9 nitrogen and oxygen atoms in total. The third-order valence-corrected chi connectivity index (χ3v) is 8.40. The molecule has 186 valence electrons. The van der Waals surface area contributed by atoms with Crippen molar-refractivity contribution in [3.05, 3.63) is 36.2 Å². The van der Waals surface area contributed by atoms with Gasteiger partial charge in [0, 0.05) is 36.2 Å². The number of hydrogen-bond acceptors (Lipinski definition) is 6. The van der Waals surface area contributed by atoms with Crippen molar-refractivity contribution in [1.29, 1.82) is 0 Å². The van der Waals surface area contributed by atoms with E-state index in [4.69, 9.17) is 14.7 Å². The maximum Gasteiger partial charge on any atom is 0.241 e. The fraction of sp³-hybridized carbons (Fsp3) is 0.481. The van der Waals surface area contributed by atoms with Gasteiger partial charge in [0.05, 0.1) is 23.0 Å². The van der Waals surface area contributed by atoms with E-state index in [-0.39, 0.29) is 23.8 Å². The Kier molecular flexibility index (Phi) is 4.86. The van der Waals surface area contributed by atoms with E-state index in [0.29, 0.717) is 24.9 Å². The van der Waals surface area contributed by atoms with Crippen LogP contribution in [0.3, 0.4) is 0 Å². The second-order valence-corrected chi connectivity index (χ2v) is 10.7. The number of imidazole rings is 1. The minimum atomic E-state index is -0.435. The number of nitrogens with zero attached hydrogens (tertiary/aromatic N) is 3. The molecule has 1 saturated carbocycles. The Labute approximate surface area is 209 Å². The number of pyridine rings is 1. The molecule has 2 atom stereocenters. The van der Waals surface area contributed by atoms with Gasteiger partial charge in [-0.2, -0.15) is 0 Å². The van der Waals surface area contributed by atoms with E-state index in [0.717, 1.165) is 72.3 Å².